The summed E-state index contributed by atoms with van der Waals surface area (Å²) in [5.74, 6) is 1.64. The number of furan rings is 1. The molecule has 1 aliphatic rings. The summed E-state index contributed by atoms with van der Waals surface area (Å²) in [6.45, 7) is 1.79. The lowest BCUT2D eigenvalue weighted by Gasteiger charge is -2.23. The lowest BCUT2D eigenvalue weighted by atomic mass is 10.2. The van der Waals surface area contributed by atoms with E-state index in [1.807, 2.05) is 33.9 Å². The van der Waals surface area contributed by atoms with Gasteiger partial charge in [-0.2, -0.15) is 11.3 Å². The van der Waals surface area contributed by atoms with Crippen molar-refractivity contribution in [1.29, 1.82) is 0 Å². The first-order chi connectivity index (χ1) is 10.8. The zero-order valence-electron chi connectivity index (χ0n) is 12.6. The number of hydrogen-bond donors (Lipinski definition) is 1. The molecule has 1 N–H and O–H groups in total. The first kappa shape index (κ1) is 15.1. The van der Waals surface area contributed by atoms with Gasteiger partial charge in [0.1, 0.15) is 18.1 Å². The fourth-order valence-corrected chi connectivity index (χ4v) is 3.44. The van der Waals surface area contributed by atoms with Gasteiger partial charge in [0.05, 0.1) is 6.04 Å². The van der Waals surface area contributed by atoms with E-state index in [4.69, 9.17) is 9.15 Å². The molecule has 5 nitrogen and oxygen atoms in total. The Labute approximate surface area is 133 Å². The zero-order chi connectivity index (χ0) is 15.4. The van der Waals surface area contributed by atoms with Gasteiger partial charge in [0, 0.05) is 20.2 Å². The van der Waals surface area contributed by atoms with Crippen LogP contribution in [0.1, 0.15) is 36.0 Å². The Morgan fingerprint density at radius 3 is 3.18 bits per heavy atom. The van der Waals surface area contributed by atoms with Gasteiger partial charge in [-0.05, 0) is 47.4 Å². The minimum atomic E-state index is -0.0293. The topological polar surface area (TPSA) is 54.7 Å². The fraction of sp³-hybridized carbons (Fsp3) is 0.438. The second-order valence-electron chi connectivity index (χ2n) is 5.38. The van der Waals surface area contributed by atoms with E-state index in [1.54, 1.807) is 18.4 Å². The maximum atomic E-state index is 12.4. The number of ether oxygens (including phenoxy) is 1. The average molecular weight is 320 g/mol. The number of nitrogens with one attached hydrogen (secondary N) is 1. The van der Waals surface area contributed by atoms with Crippen molar-refractivity contribution in [3.63, 3.8) is 0 Å². The Bertz CT molecular complexity index is 609. The standard InChI is InChI=1S/C16H20N2O3S/c1-20-10-13-4-5-15(21-13)14-3-2-7-18(14)16(19)17-9-12-6-8-22-11-12/h4-6,8,11,14H,2-3,7,9-10H2,1H3,(H,17,19)/t14-/m0/s1. The van der Waals surface area contributed by atoms with Crippen molar-refractivity contribution in [3.05, 3.63) is 46.0 Å². The van der Waals surface area contributed by atoms with Gasteiger partial charge in [-0.15, -0.1) is 0 Å². The summed E-state index contributed by atoms with van der Waals surface area (Å²) < 4.78 is 10.9. The molecule has 3 rings (SSSR count). The Balaban J connectivity index is 1.62. The van der Waals surface area contributed by atoms with Gasteiger partial charge < -0.3 is 19.4 Å². The van der Waals surface area contributed by atoms with Crippen LogP contribution in [-0.4, -0.2) is 24.6 Å². The Kier molecular flexibility index (Phi) is 4.80. The molecule has 2 aromatic heterocycles. The number of carbonyl (C=O) groups is 1. The Morgan fingerprint density at radius 1 is 1.50 bits per heavy atom. The van der Waals surface area contributed by atoms with Gasteiger partial charge in [-0.1, -0.05) is 0 Å². The number of carbonyl (C=O) groups excluding carboxylic acids is 1. The molecule has 2 aromatic rings. The molecule has 6 heteroatoms. The van der Waals surface area contributed by atoms with Gasteiger partial charge in [0.15, 0.2) is 0 Å². The van der Waals surface area contributed by atoms with Crippen LogP contribution in [0.15, 0.2) is 33.4 Å². The van der Waals surface area contributed by atoms with E-state index < -0.39 is 0 Å². The molecule has 0 bridgehead atoms. The summed E-state index contributed by atoms with van der Waals surface area (Å²) in [7, 11) is 1.64. The van der Waals surface area contributed by atoms with Crippen molar-refractivity contribution < 1.29 is 13.9 Å². The quantitative estimate of drug-likeness (QED) is 0.917. The summed E-state index contributed by atoms with van der Waals surface area (Å²) in [4.78, 5) is 14.3. The van der Waals surface area contributed by atoms with Crippen LogP contribution in [0.3, 0.4) is 0 Å². The van der Waals surface area contributed by atoms with Gasteiger partial charge in [0.2, 0.25) is 0 Å². The van der Waals surface area contributed by atoms with Gasteiger partial charge in [-0.25, -0.2) is 4.79 Å². The number of urea groups is 1. The smallest absolute Gasteiger partial charge is 0.318 e. The summed E-state index contributed by atoms with van der Waals surface area (Å²) in [6, 6.07) is 5.88. The van der Waals surface area contributed by atoms with Crippen LogP contribution in [0.25, 0.3) is 0 Å². The molecule has 3 heterocycles. The highest BCUT2D eigenvalue weighted by Crippen LogP contribution is 2.33. The minimum Gasteiger partial charge on any atom is -0.461 e. The maximum absolute atomic E-state index is 12.4. The van der Waals surface area contributed by atoms with Crippen molar-refractivity contribution in [1.82, 2.24) is 10.2 Å². The van der Waals surface area contributed by atoms with Gasteiger partial charge in [-0.3, -0.25) is 0 Å². The zero-order valence-corrected chi connectivity index (χ0v) is 13.4. The third-order valence-corrected chi connectivity index (χ3v) is 4.57. The molecule has 0 radical (unpaired) electrons. The molecule has 1 atom stereocenters. The lowest BCUT2D eigenvalue weighted by molar-refractivity contribution is 0.156. The van der Waals surface area contributed by atoms with Crippen molar-refractivity contribution in [2.75, 3.05) is 13.7 Å². The van der Waals surface area contributed by atoms with Crippen LogP contribution in [0, 0.1) is 0 Å². The van der Waals surface area contributed by atoms with Crippen molar-refractivity contribution >= 4 is 17.4 Å². The predicted molar refractivity (Wildman–Crippen MR) is 84.7 cm³/mol. The molecule has 0 spiro atoms. The average Bonchev–Trinajstić information content (AvgIpc) is 3.25. The first-order valence-electron chi connectivity index (χ1n) is 7.41. The van der Waals surface area contributed by atoms with Gasteiger partial charge in [0.25, 0.3) is 0 Å². The second kappa shape index (κ2) is 6.98. The number of likely N-dealkylation sites (tertiary alicyclic amines) is 1. The Morgan fingerprint density at radius 2 is 2.41 bits per heavy atom. The van der Waals surface area contributed by atoms with Crippen LogP contribution in [0.5, 0.6) is 0 Å². The maximum Gasteiger partial charge on any atom is 0.318 e. The summed E-state index contributed by atoms with van der Waals surface area (Å²) in [5.41, 5.74) is 1.13. The molecular formula is C16H20N2O3S. The predicted octanol–water partition coefficient (Wildman–Crippen LogP) is 3.53. The molecule has 2 amide bonds. The third kappa shape index (κ3) is 3.34. The molecular weight excluding hydrogens is 300 g/mol. The molecule has 0 unspecified atom stereocenters. The molecule has 118 valence electrons. The van der Waals surface area contributed by atoms with Crippen molar-refractivity contribution in [2.45, 2.75) is 32.0 Å². The largest absolute Gasteiger partial charge is 0.461 e. The summed E-state index contributed by atoms with van der Waals surface area (Å²) >= 11 is 1.64. The molecule has 0 aliphatic carbocycles. The van der Waals surface area contributed by atoms with Crippen molar-refractivity contribution in [2.24, 2.45) is 0 Å². The van der Waals surface area contributed by atoms with E-state index in [9.17, 15) is 4.79 Å². The monoisotopic (exact) mass is 320 g/mol. The van der Waals surface area contributed by atoms with E-state index >= 15 is 0 Å². The molecule has 0 aromatic carbocycles. The lowest BCUT2D eigenvalue weighted by Crippen LogP contribution is -2.38. The third-order valence-electron chi connectivity index (χ3n) is 3.83. The number of thiophene rings is 1. The van der Waals surface area contributed by atoms with E-state index in [0.29, 0.717) is 13.2 Å². The van der Waals surface area contributed by atoms with Crippen LogP contribution < -0.4 is 5.32 Å². The van der Waals surface area contributed by atoms with E-state index in [1.165, 1.54) is 0 Å². The van der Waals surface area contributed by atoms with Crippen LogP contribution in [0.2, 0.25) is 0 Å². The number of hydrogen-bond acceptors (Lipinski definition) is 4. The van der Waals surface area contributed by atoms with E-state index in [-0.39, 0.29) is 12.1 Å². The number of methoxy groups -OCH3 is 1. The van der Waals surface area contributed by atoms with Crippen molar-refractivity contribution in [3.8, 4) is 0 Å². The molecule has 1 fully saturated rings. The highest BCUT2D eigenvalue weighted by molar-refractivity contribution is 7.07. The SMILES string of the molecule is COCc1ccc([C@@H]2CCCN2C(=O)NCc2ccsc2)o1. The summed E-state index contributed by atoms with van der Waals surface area (Å²) in [5, 5.41) is 7.05. The molecule has 0 saturated carbocycles. The number of amides is 2. The fourth-order valence-electron chi connectivity index (χ4n) is 2.77. The molecule has 1 aliphatic heterocycles. The highest BCUT2D eigenvalue weighted by Gasteiger charge is 2.32. The molecule has 22 heavy (non-hydrogen) atoms. The normalized spacial score (nSPS) is 17.9. The number of nitrogens with zero attached hydrogens (tertiary/aromatic N) is 1. The van der Waals surface area contributed by atoms with Crippen LogP contribution >= 0.6 is 11.3 Å². The second-order valence-corrected chi connectivity index (χ2v) is 6.16. The van der Waals surface area contributed by atoms with E-state index in [0.717, 1.165) is 36.5 Å². The summed E-state index contributed by atoms with van der Waals surface area (Å²) in [6.07, 6.45) is 1.93. The minimum absolute atomic E-state index is 0.0214. The number of rotatable bonds is 5. The Hall–Kier alpha value is -1.79. The highest BCUT2D eigenvalue weighted by atomic mass is 32.1. The van der Waals surface area contributed by atoms with Crippen LogP contribution in [0.4, 0.5) is 4.79 Å². The molecule has 1 saturated heterocycles. The first-order valence-corrected chi connectivity index (χ1v) is 8.35. The van der Waals surface area contributed by atoms with E-state index in [2.05, 4.69) is 5.32 Å². The van der Waals surface area contributed by atoms with Crippen LogP contribution in [-0.2, 0) is 17.9 Å². The van der Waals surface area contributed by atoms with Gasteiger partial charge >= 0.3 is 6.03 Å².